The van der Waals surface area contributed by atoms with Gasteiger partial charge in [0.1, 0.15) is 17.4 Å². The molecule has 2 bridgehead atoms. The highest BCUT2D eigenvalue weighted by molar-refractivity contribution is 5.33. The third-order valence-electron chi connectivity index (χ3n) is 8.04. The zero-order chi connectivity index (χ0) is 24.3. The van der Waals surface area contributed by atoms with Gasteiger partial charge in [-0.2, -0.15) is 0 Å². The number of hydrogen-bond donors (Lipinski definition) is 1. The Morgan fingerprint density at radius 2 is 1.43 bits per heavy atom. The maximum atomic E-state index is 13.7. The number of methoxy groups -OCH3 is 1. The number of piperidine rings is 1. The van der Waals surface area contributed by atoms with Gasteiger partial charge >= 0.3 is 0 Å². The summed E-state index contributed by atoms with van der Waals surface area (Å²) in [5, 5.41) is 3.94. The molecule has 3 aromatic rings. The second-order valence-electron chi connectivity index (χ2n) is 10.1. The van der Waals surface area contributed by atoms with E-state index in [0.29, 0.717) is 12.5 Å². The molecule has 1 unspecified atom stereocenters. The van der Waals surface area contributed by atoms with Crippen LogP contribution in [0.4, 0.5) is 8.78 Å². The van der Waals surface area contributed by atoms with Crippen LogP contribution in [0.1, 0.15) is 36.0 Å². The number of ether oxygens (including phenoxy) is 1. The lowest BCUT2D eigenvalue weighted by molar-refractivity contribution is 0.0552. The number of hydrogen-bond acceptors (Lipinski definition) is 3. The van der Waals surface area contributed by atoms with Gasteiger partial charge in [-0.25, -0.2) is 8.78 Å². The van der Waals surface area contributed by atoms with Crippen LogP contribution in [0.2, 0.25) is 0 Å². The third kappa shape index (κ3) is 5.26. The molecular formula is C30H34F2N2O. The molecule has 3 aliphatic rings. The van der Waals surface area contributed by atoms with Crippen LogP contribution in [0, 0.1) is 17.6 Å². The fourth-order valence-electron chi connectivity index (χ4n) is 6.19. The summed E-state index contributed by atoms with van der Waals surface area (Å²) in [6, 6.07) is 22.3. The average molecular weight is 477 g/mol. The monoisotopic (exact) mass is 476 g/mol. The summed E-state index contributed by atoms with van der Waals surface area (Å²) in [4.78, 5) is 2.66. The van der Waals surface area contributed by atoms with E-state index in [1.54, 1.807) is 31.4 Å². The predicted molar refractivity (Wildman–Crippen MR) is 135 cm³/mol. The molecular weight excluding hydrogens is 442 g/mol. The topological polar surface area (TPSA) is 24.5 Å². The number of nitrogens with zero attached hydrogens (tertiary/aromatic N) is 1. The Bertz CT molecular complexity index is 1060. The highest BCUT2D eigenvalue weighted by Gasteiger charge is 2.48. The molecule has 35 heavy (non-hydrogen) atoms. The lowest BCUT2D eigenvalue weighted by Crippen LogP contribution is -2.62. The molecule has 3 fully saturated rings. The van der Waals surface area contributed by atoms with Crippen molar-refractivity contribution >= 4 is 0 Å². The lowest BCUT2D eigenvalue weighted by Gasteiger charge is -2.48. The standard InChI is InChI=1S/C30H34F2N2O/c1-35-28-5-3-2-4-25(28)21-33-29-18-22-14-16-34(17-15-22)30(29,19-23-6-10-26(31)11-7-23)20-24-8-12-27(32)13-9-24/h2-13,22,29,33H,14-21H2,1H3. The number of nitrogens with one attached hydrogen (secondary N) is 1. The van der Waals surface area contributed by atoms with Crippen LogP contribution in [-0.2, 0) is 19.4 Å². The molecule has 1 atom stereocenters. The predicted octanol–water partition coefficient (Wildman–Crippen LogP) is 5.77. The van der Waals surface area contributed by atoms with Gasteiger partial charge < -0.3 is 10.1 Å². The normalized spacial score (nSPS) is 23.1. The molecule has 0 aromatic heterocycles. The van der Waals surface area contributed by atoms with E-state index in [-0.39, 0.29) is 23.2 Å². The van der Waals surface area contributed by atoms with Crippen molar-refractivity contribution in [2.24, 2.45) is 5.92 Å². The Morgan fingerprint density at radius 3 is 2.00 bits per heavy atom. The van der Waals surface area contributed by atoms with Crippen molar-refractivity contribution in [1.29, 1.82) is 0 Å². The molecule has 0 radical (unpaired) electrons. The summed E-state index contributed by atoms with van der Waals surface area (Å²) in [5.74, 6) is 1.15. The number of rotatable bonds is 8. The highest BCUT2D eigenvalue weighted by Crippen LogP contribution is 2.41. The summed E-state index contributed by atoms with van der Waals surface area (Å²) in [5.41, 5.74) is 3.19. The van der Waals surface area contributed by atoms with Crippen LogP contribution in [0.15, 0.2) is 72.8 Å². The van der Waals surface area contributed by atoms with E-state index in [0.717, 1.165) is 54.8 Å². The molecule has 184 valence electrons. The molecule has 5 heteroatoms. The van der Waals surface area contributed by atoms with Crippen LogP contribution in [0.3, 0.4) is 0 Å². The van der Waals surface area contributed by atoms with Crippen LogP contribution < -0.4 is 10.1 Å². The maximum Gasteiger partial charge on any atom is 0.123 e. The van der Waals surface area contributed by atoms with E-state index in [9.17, 15) is 8.78 Å². The van der Waals surface area contributed by atoms with Crippen molar-refractivity contribution in [3.05, 3.63) is 101 Å². The summed E-state index contributed by atoms with van der Waals surface area (Å²) in [7, 11) is 1.71. The summed E-state index contributed by atoms with van der Waals surface area (Å²) in [6.45, 7) is 2.82. The van der Waals surface area contributed by atoms with E-state index >= 15 is 0 Å². The van der Waals surface area contributed by atoms with Crippen LogP contribution in [-0.4, -0.2) is 36.7 Å². The quantitative estimate of drug-likeness (QED) is 0.447. The molecule has 3 saturated heterocycles. The van der Waals surface area contributed by atoms with Crippen molar-refractivity contribution in [2.75, 3.05) is 20.2 Å². The zero-order valence-electron chi connectivity index (χ0n) is 20.4. The van der Waals surface area contributed by atoms with Crippen molar-refractivity contribution < 1.29 is 13.5 Å². The largest absolute Gasteiger partial charge is 0.496 e. The molecule has 0 aliphatic carbocycles. The first-order valence-electron chi connectivity index (χ1n) is 12.6. The Kier molecular flexibility index (Phi) is 7.17. The molecule has 6 rings (SSSR count). The Labute approximate surface area is 207 Å². The average Bonchev–Trinajstić information content (AvgIpc) is 3.11. The second kappa shape index (κ2) is 10.5. The molecule has 3 nitrogen and oxygen atoms in total. The van der Waals surface area contributed by atoms with Crippen molar-refractivity contribution in [3.63, 3.8) is 0 Å². The summed E-state index contributed by atoms with van der Waals surface area (Å²) >= 11 is 0. The van der Waals surface area contributed by atoms with Gasteiger partial charge in [-0.1, -0.05) is 42.5 Å². The number of benzene rings is 3. The fourth-order valence-corrected chi connectivity index (χ4v) is 6.19. The van der Waals surface area contributed by atoms with Gasteiger partial charge in [0.2, 0.25) is 0 Å². The van der Waals surface area contributed by atoms with Gasteiger partial charge in [-0.15, -0.1) is 0 Å². The minimum absolute atomic E-state index is 0.205. The van der Waals surface area contributed by atoms with Crippen molar-refractivity contribution in [1.82, 2.24) is 10.2 Å². The molecule has 1 N–H and O–H groups in total. The van der Waals surface area contributed by atoms with E-state index in [4.69, 9.17) is 4.74 Å². The smallest absolute Gasteiger partial charge is 0.123 e. The van der Waals surface area contributed by atoms with Crippen LogP contribution in [0.25, 0.3) is 0 Å². The number of para-hydroxylation sites is 1. The Morgan fingerprint density at radius 1 is 0.857 bits per heavy atom. The minimum Gasteiger partial charge on any atom is -0.496 e. The second-order valence-corrected chi connectivity index (χ2v) is 10.1. The van der Waals surface area contributed by atoms with Gasteiger partial charge in [-0.05, 0) is 92.6 Å². The van der Waals surface area contributed by atoms with Crippen LogP contribution >= 0.6 is 0 Å². The summed E-state index contributed by atoms with van der Waals surface area (Å²) < 4.78 is 33.1. The first kappa shape index (κ1) is 24.0. The van der Waals surface area contributed by atoms with Crippen LogP contribution in [0.5, 0.6) is 5.75 Å². The minimum atomic E-state index is -0.214. The lowest BCUT2D eigenvalue weighted by atomic mass is 9.76. The molecule has 3 aromatic carbocycles. The summed E-state index contributed by atoms with van der Waals surface area (Å²) in [6.07, 6.45) is 5.10. The first-order chi connectivity index (χ1) is 17.1. The van der Waals surface area contributed by atoms with E-state index in [1.165, 1.54) is 12.8 Å². The molecule has 0 saturated carbocycles. The number of fused-ring (bicyclic) bond motifs is 4. The zero-order valence-corrected chi connectivity index (χ0v) is 20.4. The maximum absolute atomic E-state index is 13.7. The molecule has 3 aliphatic heterocycles. The van der Waals surface area contributed by atoms with Gasteiger partial charge in [-0.3, -0.25) is 4.90 Å². The van der Waals surface area contributed by atoms with E-state index < -0.39 is 0 Å². The first-order valence-corrected chi connectivity index (χ1v) is 12.6. The van der Waals surface area contributed by atoms with Gasteiger partial charge in [0, 0.05) is 23.7 Å². The highest BCUT2D eigenvalue weighted by atomic mass is 19.1. The third-order valence-corrected chi connectivity index (χ3v) is 8.04. The Balaban J connectivity index is 1.53. The van der Waals surface area contributed by atoms with Gasteiger partial charge in [0.15, 0.2) is 0 Å². The van der Waals surface area contributed by atoms with Crippen molar-refractivity contribution in [3.8, 4) is 5.75 Å². The SMILES string of the molecule is COc1ccccc1CNC1CC2CCN(CC2)C1(Cc1ccc(F)cc1)Cc1ccc(F)cc1. The van der Waals surface area contributed by atoms with Crippen molar-refractivity contribution in [2.45, 2.75) is 50.2 Å². The van der Waals surface area contributed by atoms with E-state index in [1.807, 2.05) is 42.5 Å². The fraction of sp³-hybridized carbons (Fsp3) is 0.400. The molecule has 3 heterocycles. The van der Waals surface area contributed by atoms with Gasteiger partial charge in [0.25, 0.3) is 0 Å². The Hall–Kier alpha value is -2.76. The van der Waals surface area contributed by atoms with E-state index in [2.05, 4.69) is 16.3 Å². The van der Waals surface area contributed by atoms with Gasteiger partial charge in [0.05, 0.1) is 7.11 Å². The molecule has 0 spiro atoms. The molecule has 0 amide bonds. The number of halogens is 2.